The Morgan fingerprint density at radius 3 is 2.71 bits per heavy atom. The Hall–Kier alpha value is -1.58. The number of carbonyl (C=O) groups is 1. The van der Waals surface area contributed by atoms with Crippen LogP contribution in [-0.2, 0) is 4.79 Å². The highest BCUT2D eigenvalue weighted by molar-refractivity contribution is 6.30. The van der Waals surface area contributed by atoms with Crippen LogP contribution in [0.4, 0.5) is 0 Å². The van der Waals surface area contributed by atoms with Gasteiger partial charge in [0.25, 0.3) is 0 Å². The fourth-order valence-corrected chi connectivity index (χ4v) is 3.06. The second kappa shape index (κ2) is 6.04. The molecule has 5 heteroatoms. The molecule has 1 saturated heterocycles. The van der Waals surface area contributed by atoms with Gasteiger partial charge in [-0.05, 0) is 36.2 Å². The zero-order valence-electron chi connectivity index (χ0n) is 11.2. The lowest BCUT2D eigenvalue weighted by Gasteiger charge is -2.32. The third-order valence-corrected chi connectivity index (χ3v) is 4.21. The van der Waals surface area contributed by atoms with Crippen LogP contribution in [0.15, 0.2) is 42.6 Å². The number of carbonyl (C=O) groups excluding carboxylic acids is 1. The summed E-state index contributed by atoms with van der Waals surface area (Å²) in [7, 11) is 0. The summed E-state index contributed by atoms with van der Waals surface area (Å²) in [6.07, 6.45) is 2.90. The first kappa shape index (κ1) is 14.4. The van der Waals surface area contributed by atoms with E-state index in [1.165, 1.54) is 0 Å². The van der Waals surface area contributed by atoms with Gasteiger partial charge in [0.2, 0.25) is 5.91 Å². The molecule has 1 aromatic heterocycles. The fraction of sp³-hybridized carbons (Fsp3) is 0.250. The van der Waals surface area contributed by atoms with E-state index in [0.717, 1.165) is 17.7 Å². The first-order valence-electron chi connectivity index (χ1n) is 6.80. The van der Waals surface area contributed by atoms with Crippen molar-refractivity contribution in [3.63, 3.8) is 0 Å². The Morgan fingerprint density at radius 1 is 1.14 bits per heavy atom. The first-order valence-corrected chi connectivity index (χ1v) is 7.55. The quantitative estimate of drug-likeness (QED) is 0.904. The summed E-state index contributed by atoms with van der Waals surface area (Å²) < 4.78 is 0. The average molecular weight is 321 g/mol. The molecule has 0 bridgehead atoms. The van der Waals surface area contributed by atoms with Crippen LogP contribution in [0.2, 0.25) is 10.0 Å². The lowest BCUT2D eigenvalue weighted by atomic mass is 9.83. The van der Waals surface area contributed by atoms with Crippen molar-refractivity contribution in [2.45, 2.75) is 24.8 Å². The molecule has 2 aromatic rings. The van der Waals surface area contributed by atoms with E-state index in [-0.39, 0.29) is 17.9 Å². The van der Waals surface area contributed by atoms with Gasteiger partial charge >= 0.3 is 0 Å². The summed E-state index contributed by atoms with van der Waals surface area (Å²) in [5, 5.41) is 4.32. The number of benzene rings is 1. The predicted molar refractivity (Wildman–Crippen MR) is 83.6 cm³/mol. The topological polar surface area (TPSA) is 42.0 Å². The maximum atomic E-state index is 11.8. The molecule has 108 valence electrons. The van der Waals surface area contributed by atoms with Gasteiger partial charge in [0, 0.05) is 23.6 Å². The molecule has 2 unspecified atom stereocenters. The normalized spacial score (nSPS) is 21.9. The maximum Gasteiger partial charge on any atom is 0.220 e. The number of piperidine rings is 1. The fourth-order valence-electron chi connectivity index (χ4n) is 2.75. The minimum Gasteiger partial charge on any atom is -0.347 e. The largest absolute Gasteiger partial charge is 0.347 e. The minimum absolute atomic E-state index is 0.0510. The van der Waals surface area contributed by atoms with Gasteiger partial charge in [-0.15, -0.1) is 0 Å². The molecule has 3 nitrogen and oxygen atoms in total. The summed E-state index contributed by atoms with van der Waals surface area (Å²) >= 11 is 12.0. The van der Waals surface area contributed by atoms with Crippen LogP contribution >= 0.6 is 23.2 Å². The van der Waals surface area contributed by atoms with Gasteiger partial charge in [0.1, 0.15) is 0 Å². The third kappa shape index (κ3) is 3.20. The van der Waals surface area contributed by atoms with Crippen molar-refractivity contribution in [2.24, 2.45) is 0 Å². The zero-order chi connectivity index (χ0) is 14.8. The molecule has 2 heterocycles. The molecule has 21 heavy (non-hydrogen) atoms. The van der Waals surface area contributed by atoms with Crippen LogP contribution in [-0.4, -0.2) is 10.9 Å². The average Bonchev–Trinajstić information content (AvgIpc) is 2.48. The van der Waals surface area contributed by atoms with Gasteiger partial charge in [-0.2, -0.15) is 0 Å². The van der Waals surface area contributed by atoms with Crippen LogP contribution in [0, 0.1) is 0 Å². The van der Waals surface area contributed by atoms with Crippen molar-refractivity contribution in [1.82, 2.24) is 10.3 Å². The molecule has 1 aromatic carbocycles. The summed E-state index contributed by atoms with van der Waals surface area (Å²) in [5.41, 5.74) is 1.93. The standard InChI is InChI=1S/C16H14Cl2N2O/c17-11-3-1-2-10(8-11)13-5-7-15(21)20-16(13)14-6-4-12(18)9-19-14/h1-4,6,8-9,13,16H,5,7H2,(H,20,21). The van der Waals surface area contributed by atoms with Crippen LogP contribution in [0.3, 0.4) is 0 Å². The van der Waals surface area contributed by atoms with Crippen molar-refractivity contribution in [3.8, 4) is 0 Å². The number of rotatable bonds is 2. The maximum absolute atomic E-state index is 11.8. The molecule has 1 amide bonds. The van der Waals surface area contributed by atoms with Crippen LogP contribution in [0.25, 0.3) is 0 Å². The van der Waals surface area contributed by atoms with Crippen molar-refractivity contribution >= 4 is 29.1 Å². The molecule has 0 spiro atoms. The predicted octanol–water partition coefficient (Wildman–Crippen LogP) is 4.12. The zero-order valence-corrected chi connectivity index (χ0v) is 12.7. The number of hydrogen-bond acceptors (Lipinski definition) is 2. The van der Waals surface area contributed by atoms with Crippen molar-refractivity contribution in [1.29, 1.82) is 0 Å². The van der Waals surface area contributed by atoms with E-state index in [2.05, 4.69) is 10.3 Å². The number of nitrogens with one attached hydrogen (secondary N) is 1. The molecular weight excluding hydrogens is 307 g/mol. The number of amides is 1. The Bertz CT molecular complexity index is 658. The second-order valence-electron chi connectivity index (χ2n) is 5.15. The van der Waals surface area contributed by atoms with Gasteiger partial charge in [-0.3, -0.25) is 9.78 Å². The molecule has 1 aliphatic heterocycles. The minimum atomic E-state index is -0.151. The highest BCUT2D eigenvalue weighted by Crippen LogP contribution is 2.37. The highest BCUT2D eigenvalue weighted by Gasteiger charge is 2.31. The van der Waals surface area contributed by atoms with Gasteiger partial charge in [-0.25, -0.2) is 0 Å². The number of aromatic nitrogens is 1. The Labute approximate surface area is 133 Å². The van der Waals surface area contributed by atoms with Gasteiger partial charge in [-0.1, -0.05) is 35.3 Å². The highest BCUT2D eigenvalue weighted by atomic mass is 35.5. The molecule has 2 atom stereocenters. The summed E-state index contributed by atoms with van der Waals surface area (Å²) in [6, 6.07) is 11.3. The molecule has 0 aliphatic carbocycles. The molecule has 0 saturated carbocycles. The monoisotopic (exact) mass is 320 g/mol. The second-order valence-corrected chi connectivity index (χ2v) is 6.02. The molecule has 1 aliphatic rings. The van der Waals surface area contributed by atoms with Crippen molar-refractivity contribution in [2.75, 3.05) is 0 Å². The van der Waals surface area contributed by atoms with E-state index in [0.29, 0.717) is 16.5 Å². The van der Waals surface area contributed by atoms with Crippen molar-refractivity contribution < 1.29 is 4.79 Å². The molecule has 1 fully saturated rings. The summed E-state index contributed by atoms with van der Waals surface area (Å²) in [5.74, 6) is 0.213. The Morgan fingerprint density at radius 2 is 2.00 bits per heavy atom. The molecule has 3 rings (SSSR count). The van der Waals surface area contributed by atoms with E-state index in [1.54, 1.807) is 12.3 Å². The number of pyridine rings is 1. The van der Waals surface area contributed by atoms with Gasteiger partial charge < -0.3 is 5.32 Å². The van der Waals surface area contributed by atoms with E-state index in [1.807, 2.05) is 30.3 Å². The van der Waals surface area contributed by atoms with Crippen LogP contribution in [0.1, 0.15) is 36.1 Å². The van der Waals surface area contributed by atoms with E-state index >= 15 is 0 Å². The number of nitrogens with zero attached hydrogens (tertiary/aromatic N) is 1. The van der Waals surface area contributed by atoms with Crippen LogP contribution in [0.5, 0.6) is 0 Å². The molecule has 0 radical (unpaired) electrons. The van der Waals surface area contributed by atoms with E-state index in [9.17, 15) is 4.79 Å². The smallest absolute Gasteiger partial charge is 0.220 e. The van der Waals surface area contributed by atoms with E-state index in [4.69, 9.17) is 23.2 Å². The van der Waals surface area contributed by atoms with Crippen molar-refractivity contribution in [3.05, 3.63) is 63.9 Å². The first-order chi connectivity index (χ1) is 10.1. The lowest BCUT2D eigenvalue weighted by molar-refractivity contribution is -0.123. The van der Waals surface area contributed by atoms with Crippen LogP contribution < -0.4 is 5.32 Å². The van der Waals surface area contributed by atoms with Gasteiger partial charge in [0.05, 0.1) is 16.8 Å². The Kier molecular flexibility index (Phi) is 4.13. The lowest BCUT2D eigenvalue weighted by Crippen LogP contribution is -2.37. The molecular formula is C16H14Cl2N2O. The SMILES string of the molecule is O=C1CCC(c2cccc(Cl)c2)C(c2ccc(Cl)cn2)N1. The van der Waals surface area contributed by atoms with Gasteiger partial charge in [0.15, 0.2) is 0 Å². The number of hydrogen-bond donors (Lipinski definition) is 1. The summed E-state index contributed by atoms with van der Waals surface area (Å²) in [6.45, 7) is 0. The number of halogens is 2. The van der Waals surface area contributed by atoms with E-state index < -0.39 is 0 Å². The molecule has 1 N–H and O–H groups in total. The summed E-state index contributed by atoms with van der Waals surface area (Å²) in [4.78, 5) is 16.1. The Balaban J connectivity index is 1.96. The third-order valence-electron chi connectivity index (χ3n) is 3.75.